The third-order valence-corrected chi connectivity index (χ3v) is 3.90. The fourth-order valence-corrected chi connectivity index (χ4v) is 2.61. The van der Waals surface area contributed by atoms with Gasteiger partial charge in [0, 0.05) is 17.1 Å². The van der Waals surface area contributed by atoms with Crippen molar-refractivity contribution in [2.24, 2.45) is 5.10 Å². The Labute approximate surface area is 142 Å². The van der Waals surface area contributed by atoms with Crippen LogP contribution in [-0.2, 0) is 9.59 Å². The summed E-state index contributed by atoms with van der Waals surface area (Å²) in [7, 11) is 0. The van der Waals surface area contributed by atoms with E-state index in [0.717, 1.165) is 0 Å². The highest BCUT2D eigenvalue weighted by molar-refractivity contribution is 7.13. The zero-order valence-corrected chi connectivity index (χ0v) is 13.6. The third-order valence-electron chi connectivity index (χ3n) is 3.22. The molecule has 1 aliphatic heterocycles. The molecule has 2 aromatic rings. The summed E-state index contributed by atoms with van der Waals surface area (Å²) >= 11 is 1.33. The molecule has 0 bridgehead atoms. The highest BCUT2D eigenvalue weighted by Gasteiger charge is 2.19. The van der Waals surface area contributed by atoms with Gasteiger partial charge in [-0.05, 0) is 19.1 Å². The van der Waals surface area contributed by atoms with Crippen LogP contribution in [0.3, 0.4) is 0 Å². The number of nitrogens with zero attached hydrogens (tertiary/aromatic N) is 2. The van der Waals surface area contributed by atoms with Crippen molar-refractivity contribution in [3.8, 4) is 5.75 Å². The minimum Gasteiger partial charge on any atom is -0.483 e. The van der Waals surface area contributed by atoms with Crippen LogP contribution in [0.1, 0.15) is 12.5 Å². The van der Waals surface area contributed by atoms with Gasteiger partial charge >= 0.3 is 0 Å². The first-order valence-electron chi connectivity index (χ1n) is 7.11. The summed E-state index contributed by atoms with van der Waals surface area (Å²) in [5.41, 5.74) is 4.18. The molecule has 1 aliphatic rings. The van der Waals surface area contributed by atoms with E-state index < -0.39 is 0 Å². The molecule has 2 heterocycles. The van der Waals surface area contributed by atoms with E-state index in [2.05, 4.69) is 20.8 Å². The molecule has 3 rings (SSSR count). The maximum Gasteiger partial charge on any atom is 0.273 e. The average molecular weight is 342 g/mol. The monoisotopic (exact) mass is 342 g/mol. The SMILES string of the molecule is CC1=NNC(=O)/C1=C\c1ccccc1OCC(=O)Nc1nccs1. The van der Waals surface area contributed by atoms with E-state index in [0.29, 0.717) is 27.7 Å². The Kier molecular flexibility index (Phi) is 4.66. The molecule has 0 saturated heterocycles. The van der Waals surface area contributed by atoms with Gasteiger partial charge in [0.25, 0.3) is 11.8 Å². The lowest BCUT2D eigenvalue weighted by atomic mass is 10.1. The van der Waals surface area contributed by atoms with Crippen molar-refractivity contribution in [2.75, 3.05) is 11.9 Å². The fraction of sp³-hybridized carbons (Fsp3) is 0.125. The van der Waals surface area contributed by atoms with Crippen molar-refractivity contribution < 1.29 is 14.3 Å². The van der Waals surface area contributed by atoms with Crippen molar-refractivity contribution in [3.05, 3.63) is 47.0 Å². The zero-order chi connectivity index (χ0) is 16.9. The normalized spacial score (nSPS) is 15.1. The topological polar surface area (TPSA) is 92.7 Å². The predicted molar refractivity (Wildman–Crippen MR) is 91.9 cm³/mol. The minimum absolute atomic E-state index is 0.154. The Morgan fingerprint density at radius 1 is 1.42 bits per heavy atom. The lowest BCUT2D eigenvalue weighted by Crippen LogP contribution is -2.20. The number of anilines is 1. The summed E-state index contributed by atoms with van der Waals surface area (Å²) in [6.45, 7) is 1.59. The molecule has 0 spiro atoms. The summed E-state index contributed by atoms with van der Waals surface area (Å²) in [6, 6.07) is 7.17. The number of carbonyl (C=O) groups excluding carboxylic acids is 2. The van der Waals surface area contributed by atoms with E-state index in [1.54, 1.807) is 42.8 Å². The highest BCUT2D eigenvalue weighted by atomic mass is 32.1. The Bertz CT molecular complexity index is 828. The number of hydrogen-bond donors (Lipinski definition) is 2. The average Bonchev–Trinajstić information content (AvgIpc) is 3.19. The molecule has 1 aromatic heterocycles. The molecular formula is C16H14N4O3S. The van der Waals surface area contributed by atoms with Crippen molar-refractivity contribution in [1.82, 2.24) is 10.4 Å². The summed E-state index contributed by atoms with van der Waals surface area (Å²) in [5, 5.41) is 8.82. The van der Waals surface area contributed by atoms with E-state index in [9.17, 15) is 9.59 Å². The second kappa shape index (κ2) is 7.05. The maximum atomic E-state index is 11.9. The molecule has 7 nitrogen and oxygen atoms in total. The number of carbonyl (C=O) groups is 2. The van der Waals surface area contributed by atoms with Crippen LogP contribution in [0.15, 0.2) is 46.5 Å². The number of aromatic nitrogens is 1. The number of rotatable bonds is 5. The van der Waals surface area contributed by atoms with Gasteiger partial charge in [-0.3, -0.25) is 14.9 Å². The molecule has 0 unspecified atom stereocenters. The van der Waals surface area contributed by atoms with Gasteiger partial charge in [0.2, 0.25) is 0 Å². The number of para-hydroxylation sites is 1. The van der Waals surface area contributed by atoms with E-state index in [4.69, 9.17) is 4.74 Å². The van der Waals surface area contributed by atoms with Gasteiger partial charge in [-0.25, -0.2) is 10.4 Å². The largest absolute Gasteiger partial charge is 0.483 e. The van der Waals surface area contributed by atoms with Crippen molar-refractivity contribution in [1.29, 1.82) is 0 Å². The van der Waals surface area contributed by atoms with Crippen LogP contribution in [0, 0.1) is 0 Å². The van der Waals surface area contributed by atoms with Gasteiger partial charge < -0.3 is 4.74 Å². The van der Waals surface area contributed by atoms with E-state index in [1.807, 2.05) is 6.07 Å². The van der Waals surface area contributed by atoms with E-state index in [-0.39, 0.29) is 18.4 Å². The molecule has 0 aliphatic carbocycles. The van der Waals surface area contributed by atoms with Crippen molar-refractivity contribution in [2.45, 2.75) is 6.92 Å². The molecule has 0 fully saturated rings. The van der Waals surface area contributed by atoms with Crippen LogP contribution in [0.4, 0.5) is 5.13 Å². The molecular weight excluding hydrogens is 328 g/mol. The smallest absolute Gasteiger partial charge is 0.273 e. The third kappa shape index (κ3) is 3.66. The molecule has 24 heavy (non-hydrogen) atoms. The summed E-state index contributed by atoms with van der Waals surface area (Å²) in [6.07, 6.45) is 3.30. The Hall–Kier alpha value is -3.00. The maximum absolute atomic E-state index is 11.9. The first-order chi connectivity index (χ1) is 11.6. The molecule has 122 valence electrons. The van der Waals surface area contributed by atoms with Crippen LogP contribution >= 0.6 is 11.3 Å². The molecule has 0 saturated carbocycles. The van der Waals surface area contributed by atoms with Crippen LogP contribution < -0.4 is 15.5 Å². The second-order valence-electron chi connectivity index (χ2n) is 4.91. The molecule has 1 aromatic carbocycles. The number of ether oxygens (including phenoxy) is 1. The fourth-order valence-electron chi connectivity index (χ4n) is 2.06. The standard InChI is InChI=1S/C16H14N4O3S/c1-10-12(15(22)20-19-10)8-11-4-2-3-5-13(11)23-9-14(21)18-16-17-6-7-24-16/h2-8H,9H2,1H3,(H,20,22)(H,17,18,21)/b12-8-. The number of hydrogen-bond acceptors (Lipinski definition) is 6. The lowest BCUT2D eigenvalue weighted by molar-refractivity contribution is -0.118. The number of benzene rings is 1. The van der Waals surface area contributed by atoms with Crippen molar-refractivity contribution >= 4 is 40.1 Å². The van der Waals surface area contributed by atoms with E-state index in [1.165, 1.54) is 11.3 Å². The minimum atomic E-state index is -0.302. The zero-order valence-electron chi connectivity index (χ0n) is 12.8. The molecule has 0 radical (unpaired) electrons. The lowest BCUT2D eigenvalue weighted by Gasteiger charge is -2.09. The van der Waals surface area contributed by atoms with Gasteiger partial charge in [0.1, 0.15) is 5.75 Å². The summed E-state index contributed by atoms with van der Waals surface area (Å²) in [5.74, 6) is -0.0561. The van der Waals surface area contributed by atoms with Gasteiger partial charge in [0.05, 0.1) is 11.3 Å². The molecule has 0 atom stereocenters. The van der Waals surface area contributed by atoms with Crippen LogP contribution in [-0.4, -0.2) is 29.1 Å². The Morgan fingerprint density at radius 2 is 2.25 bits per heavy atom. The number of hydrazone groups is 1. The number of amides is 2. The quantitative estimate of drug-likeness (QED) is 0.813. The summed E-state index contributed by atoms with van der Waals surface area (Å²) in [4.78, 5) is 27.6. The number of thiazole rings is 1. The first-order valence-corrected chi connectivity index (χ1v) is 7.99. The molecule has 2 N–H and O–H groups in total. The van der Waals surface area contributed by atoms with Crippen molar-refractivity contribution in [3.63, 3.8) is 0 Å². The molecule has 8 heteroatoms. The first kappa shape index (κ1) is 15.9. The second-order valence-corrected chi connectivity index (χ2v) is 5.80. The van der Waals surface area contributed by atoms with Crippen LogP contribution in [0.2, 0.25) is 0 Å². The number of nitrogens with one attached hydrogen (secondary N) is 2. The highest BCUT2D eigenvalue weighted by Crippen LogP contribution is 2.22. The Morgan fingerprint density at radius 3 is 2.96 bits per heavy atom. The van der Waals surface area contributed by atoms with Gasteiger partial charge in [-0.2, -0.15) is 5.10 Å². The van der Waals surface area contributed by atoms with Crippen LogP contribution in [0.5, 0.6) is 5.75 Å². The Balaban J connectivity index is 1.70. The van der Waals surface area contributed by atoms with Crippen LogP contribution in [0.25, 0.3) is 6.08 Å². The van der Waals surface area contributed by atoms with Gasteiger partial charge in [-0.1, -0.05) is 18.2 Å². The van der Waals surface area contributed by atoms with E-state index >= 15 is 0 Å². The summed E-state index contributed by atoms with van der Waals surface area (Å²) < 4.78 is 5.58. The predicted octanol–water partition coefficient (Wildman–Crippen LogP) is 2.05. The van der Waals surface area contributed by atoms with Gasteiger partial charge in [0.15, 0.2) is 11.7 Å². The van der Waals surface area contributed by atoms with Gasteiger partial charge in [-0.15, -0.1) is 11.3 Å². The molecule has 2 amide bonds.